The molecule has 2 saturated heterocycles. The van der Waals surface area contributed by atoms with Crippen molar-refractivity contribution in [1.29, 1.82) is 0 Å². The van der Waals surface area contributed by atoms with E-state index in [-0.39, 0.29) is 11.8 Å². The summed E-state index contributed by atoms with van der Waals surface area (Å²) in [6.07, 6.45) is 10.7. The first-order valence-electron chi connectivity index (χ1n) is 13.6. The van der Waals surface area contributed by atoms with Crippen molar-refractivity contribution in [2.75, 3.05) is 39.3 Å². The highest BCUT2D eigenvalue weighted by molar-refractivity contribution is 5.79. The van der Waals surface area contributed by atoms with Gasteiger partial charge in [0.2, 0.25) is 11.8 Å². The van der Waals surface area contributed by atoms with Crippen molar-refractivity contribution in [2.45, 2.75) is 90.1 Å². The average Bonchev–Trinajstić information content (AvgIpc) is 2.83. The quantitative estimate of drug-likeness (QED) is 0.459. The predicted octanol–water partition coefficient (Wildman–Crippen LogP) is 3.53. The van der Waals surface area contributed by atoms with Gasteiger partial charge in [0.15, 0.2) is 0 Å². The second-order valence-corrected chi connectivity index (χ2v) is 10.3. The molecule has 0 radical (unpaired) electrons. The zero-order chi connectivity index (χ0) is 24.2. The molecule has 0 aromatic heterocycles. The number of carbonyl (C=O) groups excluding carboxylic acids is 2. The van der Waals surface area contributed by atoms with Crippen molar-refractivity contribution < 1.29 is 9.59 Å². The number of carbonyl (C=O) groups is 2. The van der Waals surface area contributed by atoms with Gasteiger partial charge in [-0.1, -0.05) is 37.1 Å². The van der Waals surface area contributed by atoms with Gasteiger partial charge in [0, 0.05) is 38.3 Å². The number of benzene rings is 1. The molecule has 1 aromatic carbocycles. The Balaban J connectivity index is 1.26. The summed E-state index contributed by atoms with van der Waals surface area (Å²) >= 11 is 0. The van der Waals surface area contributed by atoms with E-state index in [4.69, 9.17) is 0 Å². The third-order valence-electron chi connectivity index (χ3n) is 7.52. The minimum Gasteiger partial charge on any atom is -0.356 e. The number of amides is 2. The summed E-state index contributed by atoms with van der Waals surface area (Å²) in [6, 6.07) is 9.22. The summed E-state index contributed by atoms with van der Waals surface area (Å²) in [5.41, 5.74) is 1.98. The van der Waals surface area contributed by atoms with E-state index in [0.717, 1.165) is 50.1 Å². The molecular formula is C28H46N4O2. The molecule has 0 spiro atoms. The fourth-order valence-electron chi connectivity index (χ4n) is 5.27. The topological polar surface area (TPSA) is 64.7 Å². The maximum Gasteiger partial charge on any atom is 0.224 e. The van der Waals surface area contributed by atoms with E-state index in [1.807, 2.05) is 24.3 Å². The van der Waals surface area contributed by atoms with Crippen LogP contribution in [0.4, 0.5) is 0 Å². The van der Waals surface area contributed by atoms with Gasteiger partial charge in [-0.25, -0.2) is 0 Å². The van der Waals surface area contributed by atoms with Gasteiger partial charge in [-0.3, -0.25) is 9.59 Å². The van der Waals surface area contributed by atoms with Crippen LogP contribution in [-0.4, -0.2) is 73.0 Å². The van der Waals surface area contributed by atoms with Gasteiger partial charge in [0.05, 0.1) is 12.8 Å². The van der Waals surface area contributed by atoms with Crippen LogP contribution in [0.5, 0.6) is 0 Å². The lowest BCUT2D eigenvalue weighted by molar-refractivity contribution is -0.121. The number of nitrogens with one attached hydrogen (secondary N) is 2. The molecule has 34 heavy (non-hydrogen) atoms. The van der Waals surface area contributed by atoms with Crippen LogP contribution < -0.4 is 10.6 Å². The van der Waals surface area contributed by atoms with Crippen LogP contribution in [0, 0.1) is 0 Å². The Morgan fingerprint density at radius 3 is 1.53 bits per heavy atom. The number of piperidine rings is 2. The maximum atomic E-state index is 12.3. The van der Waals surface area contributed by atoms with Crippen molar-refractivity contribution in [1.82, 2.24) is 20.4 Å². The summed E-state index contributed by atoms with van der Waals surface area (Å²) in [6.45, 7) is 10.6. The van der Waals surface area contributed by atoms with Crippen molar-refractivity contribution in [3.63, 3.8) is 0 Å². The van der Waals surface area contributed by atoms with Crippen LogP contribution in [-0.2, 0) is 22.4 Å². The van der Waals surface area contributed by atoms with Crippen LogP contribution >= 0.6 is 0 Å². The first kappa shape index (κ1) is 26.7. The van der Waals surface area contributed by atoms with Gasteiger partial charge in [-0.2, -0.15) is 0 Å². The molecule has 2 aliphatic heterocycles. The smallest absolute Gasteiger partial charge is 0.224 e. The summed E-state index contributed by atoms with van der Waals surface area (Å²) < 4.78 is 0. The van der Waals surface area contributed by atoms with Crippen molar-refractivity contribution in [2.24, 2.45) is 0 Å². The lowest BCUT2D eigenvalue weighted by atomic mass is 10.0. The Hall–Kier alpha value is -1.92. The molecular weight excluding hydrogens is 424 g/mol. The van der Waals surface area contributed by atoms with Crippen molar-refractivity contribution in [3.8, 4) is 0 Å². The molecule has 0 aliphatic carbocycles. The number of rotatable bonds is 12. The molecule has 2 atom stereocenters. The number of nitrogens with zero attached hydrogens (tertiary/aromatic N) is 2. The van der Waals surface area contributed by atoms with Crippen LogP contribution in [0.15, 0.2) is 24.3 Å². The molecule has 0 saturated carbocycles. The average molecular weight is 471 g/mol. The van der Waals surface area contributed by atoms with Gasteiger partial charge in [-0.05, 0) is 76.6 Å². The van der Waals surface area contributed by atoms with E-state index in [2.05, 4.69) is 34.3 Å². The molecule has 6 heteroatoms. The molecule has 1 aromatic rings. The zero-order valence-electron chi connectivity index (χ0n) is 21.5. The third-order valence-corrected chi connectivity index (χ3v) is 7.52. The highest BCUT2D eigenvalue weighted by atomic mass is 16.2. The van der Waals surface area contributed by atoms with Crippen LogP contribution in [0.2, 0.25) is 0 Å². The summed E-state index contributed by atoms with van der Waals surface area (Å²) in [4.78, 5) is 29.6. The van der Waals surface area contributed by atoms with E-state index in [1.54, 1.807) is 0 Å². The van der Waals surface area contributed by atoms with Crippen molar-refractivity contribution >= 4 is 11.8 Å². The van der Waals surface area contributed by atoms with Gasteiger partial charge >= 0.3 is 0 Å². The molecule has 2 N–H and O–H groups in total. The Morgan fingerprint density at radius 1 is 0.735 bits per heavy atom. The summed E-state index contributed by atoms with van der Waals surface area (Å²) in [5.74, 6) is 0.139. The normalized spacial score (nSPS) is 21.8. The summed E-state index contributed by atoms with van der Waals surface area (Å²) in [5, 5.41) is 6.11. The van der Waals surface area contributed by atoms with Crippen molar-refractivity contribution in [3.05, 3.63) is 35.4 Å². The number of hydrogen-bond acceptors (Lipinski definition) is 4. The molecule has 190 valence electrons. The molecule has 2 heterocycles. The highest BCUT2D eigenvalue weighted by Gasteiger charge is 2.18. The summed E-state index contributed by atoms with van der Waals surface area (Å²) in [7, 11) is 0. The highest BCUT2D eigenvalue weighted by Crippen LogP contribution is 2.17. The first-order valence-corrected chi connectivity index (χ1v) is 13.6. The van der Waals surface area contributed by atoms with E-state index in [9.17, 15) is 9.59 Å². The molecule has 3 rings (SSSR count). The Bertz CT molecular complexity index is 688. The largest absolute Gasteiger partial charge is 0.356 e. The van der Waals surface area contributed by atoms with Crippen LogP contribution in [0.25, 0.3) is 0 Å². The van der Waals surface area contributed by atoms with Crippen LogP contribution in [0.3, 0.4) is 0 Å². The second-order valence-electron chi connectivity index (χ2n) is 10.3. The monoisotopic (exact) mass is 470 g/mol. The fraction of sp³-hybridized carbons (Fsp3) is 0.714. The standard InChI is InChI=1S/C28H46N4O2/c1-23-9-3-5-17-31(23)19-7-15-29-27(33)21-25-11-13-26(14-12-25)22-28(34)30-16-8-20-32-18-6-4-10-24(32)2/h11-14,23-24H,3-10,15-22H2,1-2H3,(H,29,33)(H,30,34). The van der Waals surface area contributed by atoms with E-state index >= 15 is 0 Å². The predicted molar refractivity (Wildman–Crippen MR) is 139 cm³/mol. The molecule has 2 fully saturated rings. The molecule has 0 bridgehead atoms. The lowest BCUT2D eigenvalue weighted by Crippen LogP contribution is -2.39. The number of hydrogen-bond donors (Lipinski definition) is 2. The fourth-order valence-corrected chi connectivity index (χ4v) is 5.27. The van der Waals surface area contributed by atoms with E-state index < -0.39 is 0 Å². The van der Waals surface area contributed by atoms with Gasteiger partial charge in [0.1, 0.15) is 0 Å². The van der Waals surface area contributed by atoms with Gasteiger partial charge in [0.25, 0.3) is 0 Å². The Labute approximate surface area is 206 Å². The maximum absolute atomic E-state index is 12.3. The third kappa shape index (κ3) is 9.38. The molecule has 6 nitrogen and oxygen atoms in total. The van der Waals surface area contributed by atoms with E-state index in [1.165, 1.54) is 51.6 Å². The SMILES string of the molecule is CC1CCCCN1CCCNC(=O)Cc1ccc(CC(=O)NCCCN2CCCCC2C)cc1. The van der Waals surface area contributed by atoms with Crippen LogP contribution in [0.1, 0.15) is 76.3 Å². The Morgan fingerprint density at radius 2 is 1.15 bits per heavy atom. The second kappa shape index (κ2) is 14.5. The lowest BCUT2D eigenvalue weighted by Gasteiger charge is -2.33. The minimum atomic E-state index is 0.0696. The van der Waals surface area contributed by atoms with Gasteiger partial charge < -0.3 is 20.4 Å². The minimum absolute atomic E-state index is 0.0696. The molecule has 2 aliphatic rings. The first-order chi connectivity index (χ1) is 16.5. The Kier molecular flexibility index (Phi) is 11.4. The van der Waals surface area contributed by atoms with Gasteiger partial charge in [-0.15, -0.1) is 0 Å². The molecule has 2 amide bonds. The molecule has 2 unspecified atom stereocenters. The number of likely N-dealkylation sites (tertiary alicyclic amines) is 2. The zero-order valence-corrected chi connectivity index (χ0v) is 21.5. The van der Waals surface area contributed by atoms with E-state index in [0.29, 0.717) is 24.9 Å².